The lowest BCUT2D eigenvalue weighted by Crippen LogP contribution is -2.15. The van der Waals surface area contributed by atoms with Crippen molar-refractivity contribution >= 4 is 15.9 Å². The monoisotopic (exact) mass is 244 g/mol. The van der Waals surface area contributed by atoms with Crippen molar-refractivity contribution in [3.63, 3.8) is 0 Å². The standard InChI is InChI=1S/C9H13BrN2O/c10-6-1-2-9(13)7(5-6)8(12)3-4-11/h1-2,5,8,13H,3-4,11-12H2/t8-/m1/s1. The third-order valence-corrected chi connectivity index (χ3v) is 2.36. The van der Waals surface area contributed by atoms with Gasteiger partial charge in [-0.25, -0.2) is 0 Å². The van der Waals surface area contributed by atoms with Crippen LogP contribution in [0.2, 0.25) is 0 Å². The summed E-state index contributed by atoms with van der Waals surface area (Å²) < 4.78 is 0.910. The fourth-order valence-electron chi connectivity index (χ4n) is 1.16. The molecule has 3 nitrogen and oxygen atoms in total. The highest BCUT2D eigenvalue weighted by atomic mass is 79.9. The first-order valence-corrected chi connectivity index (χ1v) is 4.88. The van der Waals surface area contributed by atoms with Crippen LogP contribution in [-0.2, 0) is 0 Å². The molecular formula is C9H13BrN2O. The number of hydrogen-bond donors (Lipinski definition) is 3. The second-order valence-corrected chi connectivity index (χ2v) is 3.80. The molecule has 0 unspecified atom stereocenters. The molecule has 1 aromatic carbocycles. The van der Waals surface area contributed by atoms with Crippen LogP contribution in [0.25, 0.3) is 0 Å². The van der Waals surface area contributed by atoms with Crippen molar-refractivity contribution in [3.05, 3.63) is 28.2 Å². The first kappa shape index (κ1) is 10.5. The second-order valence-electron chi connectivity index (χ2n) is 2.89. The summed E-state index contributed by atoms with van der Waals surface area (Å²) in [6, 6.07) is 5.02. The van der Waals surface area contributed by atoms with Crippen molar-refractivity contribution in [3.8, 4) is 5.75 Å². The van der Waals surface area contributed by atoms with Crippen molar-refractivity contribution in [1.82, 2.24) is 0 Å². The van der Waals surface area contributed by atoms with Crippen LogP contribution in [0.3, 0.4) is 0 Å². The van der Waals surface area contributed by atoms with E-state index >= 15 is 0 Å². The summed E-state index contributed by atoms with van der Waals surface area (Å²) >= 11 is 3.32. The van der Waals surface area contributed by atoms with Gasteiger partial charge in [0.2, 0.25) is 0 Å². The Labute approximate surface area is 85.9 Å². The minimum absolute atomic E-state index is 0.192. The summed E-state index contributed by atoms with van der Waals surface area (Å²) in [5.74, 6) is 0.226. The van der Waals surface area contributed by atoms with E-state index in [1.165, 1.54) is 0 Å². The van der Waals surface area contributed by atoms with Crippen LogP contribution < -0.4 is 11.5 Å². The number of benzene rings is 1. The number of hydrogen-bond acceptors (Lipinski definition) is 3. The molecule has 0 aliphatic rings. The highest BCUT2D eigenvalue weighted by Gasteiger charge is 2.09. The number of halogens is 1. The highest BCUT2D eigenvalue weighted by molar-refractivity contribution is 9.10. The largest absolute Gasteiger partial charge is 0.508 e. The Balaban J connectivity index is 2.91. The zero-order chi connectivity index (χ0) is 9.84. The Hall–Kier alpha value is -0.580. The van der Waals surface area contributed by atoms with Gasteiger partial charge in [-0.15, -0.1) is 0 Å². The summed E-state index contributed by atoms with van der Waals surface area (Å²) in [5.41, 5.74) is 11.9. The van der Waals surface area contributed by atoms with E-state index < -0.39 is 0 Å². The van der Waals surface area contributed by atoms with Gasteiger partial charge in [-0.2, -0.15) is 0 Å². The Kier molecular flexibility index (Phi) is 3.71. The maximum absolute atomic E-state index is 9.49. The lowest BCUT2D eigenvalue weighted by molar-refractivity contribution is 0.459. The van der Waals surface area contributed by atoms with E-state index in [9.17, 15) is 5.11 Å². The summed E-state index contributed by atoms with van der Waals surface area (Å²) in [6.45, 7) is 0.521. The van der Waals surface area contributed by atoms with Gasteiger partial charge < -0.3 is 16.6 Å². The molecule has 0 aliphatic carbocycles. The molecule has 0 saturated heterocycles. The molecule has 0 spiro atoms. The molecule has 0 aromatic heterocycles. The molecule has 1 atom stereocenters. The summed E-state index contributed by atoms with van der Waals surface area (Å²) in [7, 11) is 0. The molecule has 1 aromatic rings. The zero-order valence-corrected chi connectivity index (χ0v) is 8.79. The first-order chi connectivity index (χ1) is 6.15. The maximum Gasteiger partial charge on any atom is 0.120 e. The molecule has 0 aliphatic heterocycles. The Morgan fingerprint density at radius 3 is 2.77 bits per heavy atom. The van der Waals surface area contributed by atoms with Crippen LogP contribution in [0.1, 0.15) is 18.0 Å². The predicted molar refractivity (Wildman–Crippen MR) is 56.4 cm³/mol. The van der Waals surface area contributed by atoms with Gasteiger partial charge in [0, 0.05) is 16.1 Å². The number of nitrogens with two attached hydrogens (primary N) is 2. The fourth-order valence-corrected chi connectivity index (χ4v) is 1.54. The van der Waals surface area contributed by atoms with E-state index in [-0.39, 0.29) is 11.8 Å². The van der Waals surface area contributed by atoms with Crippen LogP contribution in [-0.4, -0.2) is 11.7 Å². The minimum atomic E-state index is -0.192. The molecule has 0 saturated carbocycles. The molecule has 5 N–H and O–H groups in total. The zero-order valence-electron chi connectivity index (χ0n) is 7.20. The molecular weight excluding hydrogens is 232 g/mol. The quantitative estimate of drug-likeness (QED) is 0.755. The van der Waals surface area contributed by atoms with Gasteiger partial charge in [0.25, 0.3) is 0 Å². The SMILES string of the molecule is NCC[C@@H](N)c1cc(Br)ccc1O. The minimum Gasteiger partial charge on any atom is -0.508 e. The van der Waals surface area contributed by atoms with Crippen molar-refractivity contribution in [1.29, 1.82) is 0 Å². The van der Waals surface area contributed by atoms with Crippen molar-refractivity contribution in [2.24, 2.45) is 11.5 Å². The van der Waals surface area contributed by atoms with E-state index in [4.69, 9.17) is 11.5 Å². The summed E-state index contributed by atoms with van der Waals surface area (Å²) in [5, 5.41) is 9.49. The smallest absolute Gasteiger partial charge is 0.120 e. The van der Waals surface area contributed by atoms with Crippen LogP contribution in [0.5, 0.6) is 5.75 Å². The third kappa shape index (κ3) is 2.69. The van der Waals surface area contributed by atoms with Gasteiger partial charge in [0.15, 0.2) is 0 Å². The number of phenols is 1. The van der Waals surface area contributed by atoms with Crippen molar-refractivity contribution in [2.45, 2.75) is 12.5 Å². The average molecular weight is 245 g/mol. The van der Waals surface area contributed by atoms with E-state index in [2.05, 4.69) is 15.9 Å². The van der Waals surface area contributed by atoms with Gasteiger partial charge in [-0.3, -0.25) is 0 Å². The van der Waals surface area contributed by atoms with Gasteiger partial charge in [-0.05, 0) is 31.2 Å². The molecule has 72 valence electrons. The fraction of sp³-hybridized carbons (Fsp3) is 0.333. The van der Waals surface area contributed by atoms with E-state index in [0.717, 1.165) is 10.0 Å². The van der Waals surface area contributed by atoms with Crippen molar-refractivity contribution < 1.29 is 5.11 Å². The second kappa shape index (κ2) is 4.60. The molecule has 0 radical (unpaired) electrons. The number of phenolic OH excluding ortho intramolecular Hbond substituents is 1. The van der Waals surface area contributed by atoms with Crippen LogP contribution >= 0.6 is 15.9 Å². The summed E-state index contributed by atoms with van der Waals surface area (Å²) in [6.07, 6.45) is 0.671. The van der Waals surface area contributed by atoms with E-state index in [1.807, 2.05) is 6.07 Å². The Morgan fingerprint density at radius 2 is 2.15 bits per heavy atom. The molecule has 0 heterocycles. The topological polar surface area (TPSA) is 72.3 Å². The lowest BCUT2D eigenvalue weighted by atomic mass is 10.0. The predicted octanol–water partition coefficient (Wildman–Crippen LogP) is 1.50. The highest BCUT2D eigenvalue weighted by Crippen LogP contribution is 2.27. The number of aromatic hydroxyl groups is 1. The normalized spacial score (nSPS) is 12.8. The van der Waals surface area contributed by atoms with Crippen LogP contribution in [0.15, 0.2) is 22.7 Å². The van der Waals surface area contributed by atoms with Gasteiger partial charge in [0.05, 0.1) is 0 Å². The van der Waals surface area contributed by atoms with Gasteiger partial charge >= 0.3 is 0 Å². The molecule has 0 amide bonds. The molecule has 4 heteroatoms. The van der Waals surface area contributed by atoms with E-state index in [1.54, 1.807) is 12.1 Å². The van der Waals surface area contributed by atoms with Crippen LogP contribution in [0, 0.1) is 0 Å². The molecule has 0 fully saturated rings. The number of rotatable bonds is 3. The first-order valence-electron chi connectivity index (χ1n) is 4.09. The third-order valence-electron chi connectivity index (χ3n) is 1.87. The average Bonchev–Trinajstić information content (AvgIpc) is 2.09. The van der Waals surface area contributed by atoms with Crippen molar-refractivity contribution in [2.75, 3.05) is 6.54 Å². The summed E-state index contributed by atoms with van der Waals surface area (Å²) in [4.78, 5) is 0. The lowest BCUT2D eigenvalue weighted by Gasteiger charge is -2.12. The molecule has 0 bridgehead atoms. The van der Waals surface area contributed by atoms with Gasteiger partial charge in [0.1, 0.15) is 5.75 Å². The Bertz CT molecular complexity index is 291. The molecule has 1 rings (SSSR count). The maximum atomic E-state index is 9.49. The van der Waals surface area contributed by atoms with E-state index in [0.29, 0.717) is 13.0 Å². The Morgan fingerprint density at radius 1 is 1.46 bits per heavy atom. The van der Waals surface area contributed by atoms with Crippen LogP contribution in [0.4, 0.5) is 0 Å². The molecule has 13 heavy (non-hydrogen) atoms. The van der Waals surface area contributed by atoms with Gasteiger partial charge in [-0.1, -0.05) is 15.9 Å².